The highest BCUT2D eigenvalue weighted by Gasteiger charge is 2.53. The van der Waals surface area contributed by atoms with Crippen LogP contribution in [0.4, 0.5) is 11.6 Å². The molecule has 1 amide bonds. The van der Waals surface area contributed by atoms with E-state index in [1.807, 2.05) is 0 Å². The number of nitrogens with zero attached hydrogens (tertiary/aromatic N) is 5. The number of aryl methyl sites for hydroxylation is 1. The Kier molecular flexibility index (Phi) is 9.04. The van der Waals surface area contributed by atoms with Gasteiger partial charge in [-0.15, -0.1) is 0 Å². The number of aromatic nitrogens is 4. The Labute approximate surface area is 264 Å². The predicted octanol–water partition coefficient (Wildman–Crippen LogP) is -0.0121. The number of guanidine groups is 1. The Balaban J connectivity index is 1.30. The molecule has 6 heterocycles. The molecule has 3 aliphatic heterocycles. The zero-order chi connectivity index (χ0) is 33.0. The average Bonchev–Trinajstić information content (AvgIpc) is 3.73. The number of rotatable bonds is 4. The molecular weight excluding hydrogens is 674 g/mol. The van der Waals surface area contributed by atoms with Gasteiger partial charge in [0.05, 0.1) is 18.6 Å². The summed E-state index contributed by atoms with van der Waals surface area (Å²) in [5.41, 5.74) is 12.5. The number of ether oxygens (including phenoxy) is 2. The van der Waals surface area contributed by atoms with Gasteiger partial charge in [-0.25, -0.2) is 19.1 Å². The van der Waals surface area contributed by atoms with Gasteiger partial charge in [-0.1, -0.05) is 12.2 Å². The fourth-order valence-electron chi connectivity index (χ4n) is 5.41. The highest BCUT2D eigenvalue weighted by Crippen LogP contribution is 2.58. The summed E-state index contributed by atoms with van der Waals surface area (Å²) in [6.45, 7) is -4.02. The fourth-order valence-corrected chi connectivity index (χ4v) is 7.83. The van der Waals surface area contributed by atoms with Crippen LogP contribution < -0.4 is 16.8 Å². The number of nitrogens with two attached hydrogens (primary N) is 2. The number of phosphoric ester groups is 1. The van der Waals surface area contributed by atoms with Gasteiger partial charge in [-0.2, -0.15) is 4.99 Å². The Bertz CT molecular complexity index is 1760. The standard InChI is InChI=1S/C23H30N8O12P2S/c1-10-2-4-30(19(10)29-23(25)28-9-32)21-15(34)16-13(41-21)7-39-45(37,46)43-17-14(33)12(6-38-44(35,36)42-16)40-22(17)31-5-3-11-18(24)26-8-27-20(11)31/h2-5,8-9,12-17,21-22,33-34H,6-7H2,1H3,(H,35,36)(H,37,46)(H2,24,26,27)(H3,25,28,29,32). The quantitative estimate of drug-likeness (QED) is 0.0618. The number of hydrogen-bond acceptors (Lipinski definition) is 15. The van der Waals surface area contributed by atoms with Gasteiger partial charge in [-0.05, 0) is 24.6 Å². The van der Waals surface area contributed by atoms with Gasteiger partial charge in [0.2, 0.25) is 12.4 Å². The predicted molar refractivity (Wildman–Crippen MR) is 159 cm³/mol. The second kappa shape index (κ2) is 12.6. The minimum absolute atomic E-state index is 0.171. The normalized spacial score (nSPS) is 37.3. The number of hydrogen-bond donors (Lipinski definition) is 7. The largest absolute Gasteiger partial charge is 0.472 e. The first-order valence-electron chi connectivity index (χ1n) is 13.6. The molecule has 8 N–H and O–H groups in total. The van der Waals surface area contributed by atoms with Crippen LogP contribution in [-0.4, -0.2) is 96.4 Å². The summed E-state index contributed by atoms with van der Waals surface area (Å²) in [6, 6.07) is 3.22. The summed E-state index contributed by atoms with van der Waals surface area (Å²) in [4.78, 5) is 33.7. The molecule has 3 aromatic rings. The number of aliphatic hydroxyl groups excluding tert-OH is 2. The lowest BCUT2D eigenvalue weighted by molar-refractivity contribution is -0.108. The maximum atomic E-state index is 13.5. The van der Waals surface area contributed by atoms with E-state index >= 15 is 0 Å². The molecular formula is C23H30N8O12P2S. The molecule has 3 fully saturated rings. The number of nitrogens with one attached hydrogen (secondary N) is 1. The summed E-state index contributed by atoms with van der Waals surface area (Å²) in [7, 11) is -5.00. The van der Waals surface area contributed by atoms with Crippen LogP contribution in [0.2, 0.25) is 0 Å². The zero-order valence-corrected chi connectivity index (χ0v) is 26.4. The van der Waals surface area contributed by atoms with Crippen molar-refractivity contribution in [2.45, 2.75) is 56.0 Å². The molecule has 0 saturated carbocycles. The first kappa shape index (κ1) is 33.0. The molecule has 20 nitrogen and oxygen atoms in total. The van der Waals surface area contributed by atoms with Crippen molar-refractivity contribution in [2.24, 2.45) is 10.7 Å². The van der Waals surface area contributed by atoms with Crippen molar-refractivity contribution < 1.29 is 56.6 Å². The van der Waals surface area contributed by atoms with E-state index in [0.29, 0.717) is 23.0 Å². The van der Waals surface area contributed by atoms with Crippen LogP contribution in [0.15, 0.2) is 35.8 Å². The molecule has 3 aromatic heterocycles. The highest BCUT2D eigenvalue weighted by molar-refractivity contribution is 8.44. The van der Waals surface area contributed by atoms with E-state index in [1.54, 1.807) is 19.1 Å². The molecule has 3 saturated heterocycles. The van der Waals surface area contributed by atoms with Gasteiger partial charge in [0.1, 0.15) is 60.2 Å². The highest BCUT2D eigenvalue weighted by atomic mass is 32.7. The Hall–Kier alpha value is -2.91. The Morgan fingerprint density at radius 3 is 2.54 bits per heavy atom. The molecule has 2 bridgehead atoms. The lowest BCUT2D eigenvalue weighted by atomic mass is 10.1. The topological polar surface area (TPSA) is 279 Å². The fraction of sp³-hybridized carbons (Fsp3) is 0.478. The summed E-state index contributed by atoms with van der Waals surface area (Å²) < 4.78 is 63.2. The van der Waals surface area contributed by atoms with E-state index < -0.39 is 76.9 Å². The number of fused-ring (bicyclic) bond motifs is 4. The molecule has 0 spiro atoms. The van der Waals surface area contributed by atoms with Crippen molar-refractivity contribution in [3.05, 3.63) is 36.4 Å². The van der Waals surface area contributed by atoms with E-state index in [2.05, 4.69) is 32.5 Å². The van der Waals surface area contributed by atoms with Gasteiger partial charge < -0.3 is 45.2 Å². The van der Waals surface area contributed by atoms with Crippen LogP contribution in [-0.2, 0) is 41.5 Å². The van der Waals surface area contributed by atoms with Crippen molar-refractivity contribution in [1.82, 2.24) is 24.4 Å². The van der Waals surface area contributed by atoms with Crippen molar-refractivity contribution >= 4 is 61.9 Å². The molecule has 0 radical (unpaired) electrons. The van der Waals surface area contributed by atoms with Gasteiger partial charge in [-0.3, -0.25) is 28.2 Å². The SMILES string of the molecule is Cc1ccn(C2OC3COP(=O)(S)OC4C(O)C(COP(=O)(O)OC3C2O)OC4n2ccc3c(N)ncnc32)c1/N=C(/N)NC=O. The van der Waals surface area contributed by atoms with E-state index in [1.165, 1.54) is 27.9 Å². The van der Waals surface area contributed by atoms with Crippen LogP contribution in [0.25, 0.3) is 11.0 Å². The third kappa shape index (κ3) is 6.34. The van der Waals surface area contributed by atoms with E-state index in [0.717, 1.165) is 0 Å². The molecule has 0 aliphatic carbocycles. The van der Waals surface area contributed by atoms with Crippen LogP contribution >= 0.6 is 26.9 Å². The number of aliphatic hydroxyl groups is 2. The maximum absolute atomic E-state index is 13.5. The molecule has 46 heavy (non-hydrogen) atoms. The van der Waals surface area contributed by atoms with Crippen molar-refractivity contribution in [1.29, 1.82) is 0 Å². The maximum Gasteiger partial charge on any atom is 0.472 e. The third-order valence-electron chi connectivity index (χ3n) is 7.54. The minimum atomic E-state index is -5.00. The molecule has 10 unspecified atom stereocenters. The molecule has 250 valence electrons. The van der Waals surface area contributed by atoms with Gasteiger partial charge in [0, 0.05) is 12.4 Å². The average molecular weight is 705 g/mol. The van der Waals surface area contributed by atoms with Crippen LogP contribution in [0, 0.1) is 6.92 Å². The van der Waals surface area contributed by atoms with E-state index in [4.69, 9.17) is 39.0 Å². The number of amides is 1. The van der Waals surface area contributed by atoms with Crippen LogP contribution in [0.1, 0.15) is 18.0 Å². The van der Waals surface area contributed by atoms with Crippen molar-refractivity contribution in [3.63, 3.8) is 0 Å². The zero-order valence-electron chi connectivity index (χ0n) is 23.7. The number of phosphoric acid groups is 1. The van der Waals surface area contributed by atoms with Gasteiger partial charge in [0.15, 0.2) is 12.5 Å². The Morgan fingerprint density at radius 1 is 1.07 bits per heavy atom. The number of nitrogen functional groups attached to an aromatic ring is 1. The first-order valence-corrected chi connectivity index (χ1v) is 17.7. The monoisotopic (exact) mass is 704 g/mol. The molecule has 23 heteroatoms. The number of carbonyl (C=O) groups is 1. The van der Waals surface area contributed by atoms with Crippen LogP contribution in [0.3, 0.4) is 0 Å². The minimum Gasteiger partial charge on any atom is -0.387 e. The first-order chi connectivity index (χ1) is 21.8. The number of thiol groups is 1. The lowest BCUT2D eigenvalue weighted by Crippen LogP contribution is -2.36. The molecule has 10 atom stereocenters. The second-order valence-electron chi connectivity index (χ2n) is 10.5. The van der Waals surface area contributed by atoms with Gasteiger partial charge in [0.25, 0.3) is 0 Å². The second-order valence-corrected chi connectivity index (χ2v) is 14.8. The summed E-state index contributed by atoms with van der Waals surface area (Å²) in [5, 5.41) is 25.0. The van der Waals surface area contributed by atoms with Crippen molar-refractivity contribution in [2.75, 3.05) is 18.9 Å². The molecule has 3 aliphatic rings. The number of carbonyl (C=O) groups excluding carboxylic acids is 1. The van der Waals surface area contributed by atoms with E-state index in [9.17, 15) is 29.0 Å². The summed E-state index contributed by atoms with van der Waals surface area (Å²) >= 11 is 4.09. The lowest BCUT2D eigenvalue weighted by Gasteiger charge is -2.26. The number of anilines is 1. The molecule has 6 rings (SSSR count). The number of aliphatic imine (C=N–C) groups is 1. The third-order valence-corrected chi connectivity index (χ3v) is 10.1. The van der Waals surface area contributed by atoms with Gasteiger partial charge >= 0.3 is 14.6 Å². The van der Waals surface area contributed by atoms with Crippen molar-refractivity contribution in [3.8, 4) is 0 Å². The smallest absolute Gasteiger partial charge is 0.387 e. The summed E-state index contributed by atoms with van der Waals surface area (Å²) in [6.07, 6.45) is -6.83. The Morgan fingerprint density at radius 2 is 1.78 bits per heavy atom. The van der Waals surface area contributed by atoms with E-state index in [-0.39, 0.29) is 17.6 Å². The molecule has 0 aromatic carbocycles. The summed E-state index contributed by atoms with van der Waals surface area (Å²) in [5.74, 6) is 0.0934. The van der Waals surface area contributed by atoms with Crippen LogP contribution in [0.5, 0.6) is 0 Å².